The zero-order valence-corrected chi connectivity index (χ0v) is 13.1. The van der Waals surface area contributed by atoms with Crippen LogP contribution >= 0.6 is 15.9 Å². The first-order valence-electron chi connectivity index (χ1n) is 6.76. The molecule has 2 amide bonds. The molecule has 1 fully saturated rings. The smallest absolute Gasteiger partial charge is 0.241 e. The lowest BCUT2D eigenvalue weighted by molar-refractivity contribution is -0.121. The first-order valence-corrected chi connectivity index (χ1v) is 7.55. The molecule has 21 heavy (non-hydrogen) atoms. The highest BCUT2D eigenvalue weighted by atomic mass is 79.9. The van der Waals surface area contributed by atoms with E-state index in [0.29, 0.717) is 5.69 Å². The second-order valence-corrected chi connectivity index (χ2v) is 6.04. The summed E-state index contributed by atoms with van der Waals surface area (Å²) in [5.41, 5.74) is 2.58. The predicted octanol–water partition coefficient (Wildman–Crippen LogP) is 3.80. The van der Waals surface area contributed by atoms with Crippen molar-refractivity contribution in [2.24, 2.45) is 0 Å². The van der Waals surface area contributed by atoms with Gasteiger partial charge in [0, 0.05) is 10.9 Å². The number of benzene rings is 2. The number of carbonyl (C=O) groups excluding carboxylic acids is 2. The van der Waals surface area contributed by atoms with Gasteiger partial charge in [-0.25, -0.2) is 4.90 Å². The van der Waals surface area contributed by atoms with Crippen molar-refractivity contribution < 1.29 is 9.59 Å². The van der Waals surface area contributed by atoms with E-state index in [2.05, 4.69) is 15.9 Å². The van der Waals surface area contributed by atoms with Crippen LogP contribution in [0.25, 0.3) is 0 Å². The van der Waals surface area contributed by atoms with E-state index in [-0.39, 0.29) is 24.2 Å². The van der Waals surface area contributed by atoms with Gasteiger partial charge in [-0.2, -0.15) is 0 Å². The molecule has 2 aromatic rings. The third-order valence-corrected chi connectivity index (χ3v) is 4.33. The highest BCUT2D eigenvalue weighted by Gasteiger charge is 2.40. The molecule has 0 radical (unpaired) electrons. The number of halogens is 1. The third-order valence-electron chi connectivity index (χ3n) is 3.69. The lowest BCUT2D eigenvalue weighted by Gasteiger charge is -2.17. The fraction of sp³-hybridized carbons (Fsp3) is 0.176. The van der Waals surface area contributed by atoms with Crippen molar-refractivity contribution in [3.63, 3.8) is 0 Å². The van der Waals surface area contributed by atoms with Gasteiger partial charge in [0.05, 0.1) is 11.6 Å². The summed E-state index contributed by atoms with van der Waals surface area (Å²) in [4.78, 5) is 26.2. The number of amides is 2. The summed E-state index contributed by atoms with van der Waals surface area (Å²) in [6.45, 7) is 1.97. The SMILES string of the molecule is Cc1ccc(N2C(=O)CC(c3ccccc3)C2=O)c(Br)c1. The molecule has 4 heteroatoms. The topological polar surface area (TPSA) is 37.4 Å². The molecule has 0 saturated carbocycles. The van der Waals surface area contributed by atoms with E-state index in [4.69, 9.17) is 0 Å². The summed E-state index contributed by atoms with van der Waals surface area (Å²) >= 11 is 3.44. The van der Waals surface area contributed by atoms with Gasteiger partial charge in [-0.05, 0) is 46.1 Å². The Balaban J connectivity index is 1.98. The van der Waals surface area contributed by atoms with Crippen LogP contribution in [0.2, 0.25) is 0 Å². The molecule has 1 saturated heterocycles. The highest BCUT2D eigenvalue weighted by molar-refractivity contribution is 9.10. The molecule has 0 N–H and O–H groups in total. The lowest BCUT2D eigenvalue weighted by atomic mass is 9.98. The molecule has 3 nitrogen and oxygen atoms in total. The third kappa shape index (κ3) is 2.51. The van der Waals surface area contributed by atoms with Gasteiger partial charge in [0.25, 0.3) is 0 Å². The maximum atomic E-state index is 12.6. The average molecular weight is 344 g/mol. The minimum Gasteiger partial charge on any atom is -0.274 e. The number of hydrogen-bond acceptors (Lipinski definition) is 2. The first kappa shape index (κ1) is 14.0. The van der Waals surface area contributed by atoms with E-state index in [1.54, 1.807) is 0 Å². The molecule has 0 aromatic heterocycles. The molecule has 1 aliphatic heterocycles. The van der Waals surface area contributed by atoms with Crippen LogP contribution in [0.15, 0.2) is 53.0 Å². The van der Waals surface area contributed by atoms with Crippen molar-refractivity contribution in [1.82, 2.24) is 0 Å². The molecule has 1 heterocycles. The van der Waals surface area contributed by atoms with Crippen molar-refractivity contribution in [2.45, 2.75) is 19.3 Å². The monoisotopic (exact) mass is 343 g/mol. The number of aryl methyl sites for hydroxylation is 1. The molecule has 106 valence electrons. The van der Waals surface area contributed by atoms with E-state index in [0.717, 1.165) is 15.6 Å². The first-order chi connectivity index (χ1) is 10.1. The molecule has 0 spiro atoms. The quantitative estimate of drug-likeness (QED) is 0.777. The van der Waals surface area contributed by atoms with Gasteiger partial charge in [0.2, 0.25) is 11.8 Å². The number of anilines is 1. The number of hydrogen-bond donors (Lipinski definition) is 0. The van der Waals surface area contributed by atoms with Crippen LogP contribution in [-0.4, -0.2) is 11.8 Å². The number of rotatable bonds is 2. The Morgan fingerprint density at radius 2 is 1.81 bits per heavy atom. The van der Waals surface area contributed by atoms with Gasteiger partial charge in [-0.1, -0.05) is 36.4 Å². The molecule has 2 aromatic carbocycles. The van der Waals surface area contributed by atoms with Gasteiger partial charge in [-0.3, -0.25) is 9.59 Å². The molecular weight excluding hydrogens is 330 g/mol. The van der Waals surface area contributed by atoms with Crippen LogP contribution in [0, 0.1) is 6.92 Å². The van der Waals surface area contributed by atoms with Crippen molar-refractivity contribution >= 4 is 33.4 Å². The van der Waals surface area contributed by atoms with E-state index < -0.39 is 0 Å². The zero-order chi connectivity index (χ0) is 15.0. The summed E-state index contributed by atoms with van der Waals surface area (Å²) in [7, 11) is 0. The normalized spacial score (nSPS) is 18.4. The van der Waals surface area contributed by atoms with E-state index in [9.17, 15) is 9.59 Å². The van der Waals surface area contributed by atoms with Crippen LogP contribution in [0.1, 0.15) is 23.5 Å². The second kappa shape index (κ2) is 5.45. The van der Waals surface area contributed by atoms with Gasteiger partial charge in [0.1, 0.15) is 0 Å². The Bertz CT molecular complexity index is 712. The predicted molar refractivity (Wildman–Crippen MR) is 85.2 cm³/mol. The summed E-state index contributed by atoms with van der Waals surface area (Å²) in [5.74, 6) is -0.693. The summed E-state index contributed by atoms with van der Waals surface area (Å²) in [6, 6.07) is 15.1. The molecule has 0 aliphatic carbocycles. The molecule has 1 unspecified atom stereocenters. The summed E-state index contributed by atoms with van der Waals surface area (Å²) in [6.07, 6.45) is 0.225. The molecular formula is C17H14BrNO2. The van der Waals surface area contributed by atoms with E-state index in [1.165, 1.54) is 4.90 Å². The molecule has 1 aliphatic rings. The second-order valence-electron chi connectivity index (χ2n) is 5.19. The largest absolute Gasteiger partial charge is 0.274 e. The van der Waals surface area contributed by atoms with Gasteiger partial charge >= 0.3 is 0 Å². The zero-order valence-electron chi connectivity index (χ0n) is 11.5. The van der Waals surface area contributed by atoms with Crippen LogP contribution in [0.4, 0.5) is 5.69 Å². The Morgan fingerprint density at radius 1 is 1.10 bits per heavy atom. The summed E-state index contributed by atoms with van der Waals surface area (Å²) < 4.78 is 0.762. The van der Waals surface area contributed by atoms with Crippen LogP contribution < -0.4 is 4.90 Å². The Kier molecular flexibility index (Phi) is 3.64. The van der Waals surface area contributed by atoms with Crippen LogP contribution in [0.5, 0.6) is 0 Å². The maximum Gasteiger partial charge on any atom is 0.241 e. The van der Waals surface area contributed by atoms with Crippen molar-refractivity contribution in [1.29, 1.82) is 0 Å². The molecule has 0 bridgehead atoms. The minimum atomic E-state index is -0.382. The maximum absolute atomic E-state index is 12.6. The number of nitrogens with zero attached hydrogens (tertiary/aromatic N) is 1. The highest BCUT2D eigenvalue weighted by Crippen LogP contribution is 2.36. The van der Waals surface area contributed by atoms with Crippen molar-refractivity contribution in [3.05, 3.63) is 64.1 Å². The van der Waals surface area contributed by atoms with Crippen LogP contribution in [0.3, 0.4) is 0 Å². The Labute approximate surface area is 131 Å². The minimum absolute atomic E-state index is 0.154. The van der Waals surface area contributed by atoms with Crippen LogP contribution in [-0.2, 0) is 9.59 Å². The average Bonchev–Trinajstić information content (AvgIpc) is 2.76. The van der Waals surface area contributed by atoms with Gasteiger partial charge < -0.3 is 0 Å². The van der Waals surface area contributed by atoms with Gasteiger partial charge in [0.15, 0.2) is 0 Å². The van der Waals surface area contributed by atoms with Crippen molar-refractivity contribution in [2.75, 3.05) is 4.90 Å². The standard InChI is InChI=1S/C17H14BrNO2/c1-11-7-8-15(14(18)9-11)19-16(20)10-13(17(19)21)12-5-3-2-4-6-12/h2-9,13H,10H2,1H3. The summed E-state index contributed by atoms with van der Waals surface area (Å²) in [5, 5.41) is 0. The Morgan fingerprint density at radius 3 is 2.48 bits per heavy atom. The van der Waals surface area contributed by atoms with E-state index >= 15 is 0 Å². The molecule has 1 atom stereocenters. The lowest BCUT2D eigenvalue weighted by Crippen LogP contribution is -2.30. The fourth-order valence-corrected chi connectivity index (χ4v) is 3.29. The van der Waals surface area contributed by atoms with Gasteiger partial charge in [-0.15, -0.1) is 0 Å². The number of carbonyl (C=O) groups is 2. The number of imide groups is 1. The van der Waals surface area contributed by atoms with E-state index in [1.807, 2.05) is 55.5 Å². The fourth-order valence-electron chi connectivity index (χ4n) is 2.62. The molecule has 3 rings (SSSR count). The Hall–Kier alpha value is -1.94. The van der Waals surface area contributed by atoms with Crippen molar-refractivity contribution in [3.8, 4) is 0 Å².